The van der Waals surface area contributed by atoms with Gasteiger partial charge >= 0.3 is 0 Å². The number of rotatable bonds is 7. The lowest BCUT2D eigenvalue weighted by atomic mass is 9.73. The zero-order valence-electron chi connectivity index (χ0n) is 11.0. The normalized spacial score (nSPS) is 25.6. The van der Waals surface area contributed by atoms with Crippen LogP contribution in [0.3, 0.4) is 0 Å². The third-order valence-corrected chi connectivity index (χ3v) is 4.00. The van der Waals surface area contributed by atoms with Gasteiger partial charge in [0.05, 0.1) is 0 Å². The molecule has 0 bridgehead atoms. The van der Waals surface area contributed by atoms with Crippen LogP contribution in [0, 0.1) is 5.41 Å². The van der Waals surface area contributed by atoms with Gasteiger partial charge in [-0.1, -0.05) is 33.1 Å². The quantitative estimate of drug-likeness (QED) is 0.674. The van der Waals surface area contributed by atoms with Crippen LogP contribution in [0.2, 0.25) is 0 Å². The molecule has 16 heavy (non-hydrogen) atoms. The Balaban J connectivity index is 2.36. The second-order valence-electron chi connectivity index (χ2n) is 5.15. The van der Waals surface area contributed by atoms with Crippen LogP contribution >= 0.6 is 0 Å². The number of hydrogen-bond acceptors (Lipinski definition) is 2. The Labute approximate surface area is 100 Å². The van der Waals surface area contributed by atoms with Gasteiger partial charge in [0, 0.05) is 18.4 Å². The largest absolute Gasteiger partial charge is 0.316 e. The second kappa shape index (κ2) is 7.05. The molecule has 1 rings (SSSR count). The fraction of sp³-hybridized carbons (Fsp3) is 0.929. The molecule has 1 N–H and O–H groups in total. The first-order valence-corrected chi connectivity index (χ1v) is 6.99. The summed E-state index contributed by atoms with van der Waals surface area (Å²) in [6.07, 6.45) is 8.89. The fourth-order valence-corrected chi connectivity index (χ4v) is 2.68. The maximum atomic E-state index is 12.3. The van der Waals surface area contributed by atoms with Gasteiger partial charge in [-0.3, -0.25) is 4.79 Å². The van der Waals surface area contributed by atoms with E-state index in [1.165, 1.54) is 19.3 Å². The van der Waals surface area contributed by atoms with E-state index in [-0.39, 0.29) is 5.41 Å². The van der Waals surface area contributed by atoms with Gasteiger partial charge < -0.3 is 5.32 Å². The molecule has 0 radical (unpaired) electrons. The van der Waals surface area contributed by atoms with E-state index in [1.54, 1.807) is 0 Å². The SMILES string of the molecule is CCCCCCC(=O)C1(CC)CCCNC1. The van der Waals surface area contributed by atoms with E-state index in [0.29, 0.717) is 5.78 Å². The van der Waals surface area contributed by atoms with Gasteiger partial charge in [-0.25, -0.2) is 0 Å². The van der Waals surface area contributed by atoms with Gasteiger partial charge in [-0.05, 0) is 32.2 Å². The Kier molecular flexibility index (Phi) is 6.04. The molecule has 1 atom stereocenters. The summed E-state index contributed by atoms with van der Waals surface area (Å²) in [4.78, 5) is 12.3. The Morgan fingerprint density at radius 2 is 2.06 bits per heavy atom. The molecule has 0 aliphatic carbocycles. The Morgan fingerprint density at radius 3 is 2.62 bits per heavy atom. The van der Waals surface area contributed by atoms with Crippen molar-refractivity contribution in [2.75, 3.05) is 13.1 Å². The van der Waals surface area contributed by atoms with Crippen molar-refractivity contribution < 1.29 is 4.79 Å². The Morgan fingerprint density at radius 1 is 1.25 bits per heavy atom. The molecule has 1 saturated heterocycles. The van der Waals surface area contributed by atoms with Gasteiger partial charge in [-0.15, -0.1) is 0 Å². The Hall–Kier alpha value is -0.370. The molecule has 1 fully saturated rings. The summed E-state index contributed by atoms with van der Waals surface area (Å²) in [5, 5.41) is 3.39. The summed E-state index contributed by atoms with van der Waals surface area (Å²) in [6.45, 7) is 6.37. The van der Waals surface area contributed by atoms with Crippen LogP contribution in [0.25, 0.3) is 0 Å². The summed E-state index contributed by atoms with van der Waals surface area (Å²) in [5.41, 5.74) is -0.0233. The minimum Gasteiger partial charge on any atom is -0.316 e. The molecule has 94 valence electrons. The first-order valence-electron chi connectivity index (χ1n) is 6.99. The van der Waals surface area contributed by atoms with Gasteiger partial charge in [0.1, 0.15) is 5.78 Å². The third-order valence-electron chi connectivity index (χ3n) is 4.00. The van der Waals surface area contributed by atoms with Crippen molar-refractivity contribution in [2.24, 2.45) is 5.41 Å². The highest BCUT2D eigenvalue weighted by atomic mass is 16.1. The fourth-order valence-electron chi connectivity index (χ4n) is 2.68. The van der Waals surface area contributed by atoms with Crippen LogP contribution < -0.4 is 5.32 Å². The molecule has 1 aliphatic heterocycles. The van der Waals surface area contributed by atoms with Crippen LogP contribution in [0.5, 0.6) is 0 Å². The molecule has 2 heteroatoms. The number of hydrogen-bond donors (Lipinski definition) is 1. The zero-order valence-corrected chi connectivity index (χ0v) is 11.0. The summed E-state index contributed by atoms with van der Waals surface area (Å²) in [5.74, 6) is 0.512. The van der Waals surface area contributed by atoms with Gasteiger partial charge in [0.2, 0.25) is 0 Å². The third kappa shape index (κ3) is 3.58. The van der Waals surface area contributed by atoms with Gasteiger partial charge in [0.15, 0.2) is 0 Å². The summed E-state index contributed by atoms with van der Waals surface area (Å²) in [6, 6.07) is 0. The summed E-state index contributed by atoms with van der Waals surface area (Å²) < 4.78 is 0. The number of Topliss-reactive ketones (excluding diaryl/α,β-unsaturated/α-hetero) is 1. The molecule has 1 aliphatic rings. The van der Waals surface area contributed by atoms with Gasteiger partial charge in [-0.2, -0.15) is 0 Å². The molecule has 0 aromatic carbocycles. The van der Waals surface area contributed by atoms with Crippen LogP contribution in [0.1, 0.15) is 65.2 Å². The molecule has 0 saturated carbocycles. The highest BCUT2D eigenvalue weighted by molar-refractivity contribution is 5.85. The number of ketones is 1. The van der Waals surface area contributed by atoms with E-state index in [9.17, 15) is 4.79 Å². The topological polar surface area (TPSA) is 29.1 Å². The number of carbonyl (C=O) groups is 1. The van der Waals surface area contributed by atoms with Crippen LogP contribution in [-0.2, 0) is 4.79 Å². The highest BCUT2D eigenvalue weighted by Gasteiger charge is 2.36. The monoisotopic (exact) mass is 225 g/mol. The number of unbranched alkanes of at least 4 members (excludes halogenated alkanes) is 3. The lowest BCUT2D eigenvalue weighted by molar-refractivity contribution is -0.130. The van der Waals surface area contributed by atoms with E-state index in [0.717, 1.165) is 45.2 Å². The number of carbonyl (C=O) groups excluding carboxylic acids is 1. The van der Waals surface area contributed by atoms with E-state index in [1.807, 2.05) is 0 Å². The van der Waals surface area contributed by atoms with Crippen molar-refractivity contribution in [1.82, 2.24) is 5.32 Å². The molecule has 0 spiro atoms. The smallest absolute Gasteiger partial charge is 0.140 e. The predicted octanol–water partition coefficient (Wildman–Crippen LogP) is 3.31. The number of nitrogens with one attached hydrogen (secondary N) is 1. The lowest BCUT2D eigenvalue weighted by Gasteiger charge is -2.35. The van der Waals surface area contributed by atoms with E-state index in [2.05, 4.69) is 19.2 Å². The predicted molar refractivity (Wildman–Crippen MR) is 68.6 cm³/mol. The van der Waals surface area contributed by atoms with Crippen molar-refractivity contribution in [2.45, 2.75) is 65.2 Å². The maximum Gasteiger partial charge on any atom is 0.140 e. The molecule has 0 amide bonds. The number of piperidine rings is 1. The van der Waals surface area contributed by atoms with Crippen LogP contribution in [0.15, 0.2) is 0 Å². The van der Waals surface area contributed by atoms with E-state index >= 15 is 0 Å². The van der Waals surface area contributed by atoms with Gasteiger partial charge in [0.25, 0.3) is 0 Å². The van der Waals surface area contributed by atoms with Crippen molar-refractivity contribution in [1.29, 1.82) is 0 Å². The second-order valence-corrected chi connectivity index (χ2v) is 5.15. The van der Waals surface area contributed by atoms with E-state index < -0.39 is 0 Å². The first kappa shape index (κ1) is 13.7. The summed E-state index contributed by atoms with van der Waals surface area (Å²) >= 11 is 0. The van der Waals surface area contributed by atoms with Crippen molar-refractivity contribution in [3.05, 3.63) is 0 Å². The molecule has 0 aromatic heterocycles. The lowest BCUT2D eigenvalue weighted by Crippen LogP contribution is -2.45. The average molecular weight is 225 g/mol. The van der Waals surface area contributed by atoms with E-state index in [4.69, 9.17) is 0 Å². The molecular formula is C14H27NO. The summed E-state index contributed by atoms with van der Waals surface area (Å²) in [7, 11) is 0. The van der Waals surface area contributed by atoms with Crippen molar-refractivity contribution in [3.63, 3.8) is 0 Å². The van der Waals surface area contributed by atoms with Crippen LogP contribution in [0.4, 0.5) is 0 Å². The highest BCUT2D eigenvalue weighted by Crippen LogP contribution is 2.32. The standard InChI is InChI=1S/C14H27NO/c1-3-5-6-7-9-13(16)14(4-2)10-8-11-15-12-14/h15H,3-12H2,1-2H3. The molecule has 2 nitrogen and oxygen atoms in total. The Bertz CT molecular complexity index is 207. The minimum absolute atomic E-state index is 0.0233. The average Bonchev–Trinajstić information content (AvgIpc) is 2.35. The van der Waals surface area contributed by atoms with Crippen molar-refractivity contribution in [3.8, 4) is 0 Å². The van der Waals surface area contributed by atoms with Crippen LogP contribution in [-0.4, -0.2) is 18.9 Å². The van der Waals surface area contributed by atoms with Crippen molar-refractivity contribution >= 4 is 5.78 Å². The molecular weight excluding hydrogens is 198 g/mol. The molecule has 1 heterocycles. The molecule has 0 aromatic rings. The minimum atomic E-state index is -0.0233. The molecule has 1 unspecified atom stereocenters. The zero-order chi connectivity index (χ0) is 11.9. The first-order chi connectivity index (χ1) is 7.75. The maximum absolute atomic E-state index is 12.3.